The molecule has 2 aromatic heterocycles. The van der Waals surface area contributed by atoms with E-state index in [9.17, 15) is 9.59 Å². The molecule has 1 amide bonds. The Morgan fingerprint density at radius 1 is 1.23 bits per heavy atom. The second-order valence-electron chi connectivity index (χ2n) is 7.02. The number of benzene rings is 2. The minimum atomic E-state index is -0.471. The van der Waals surface area contributed by atoms with Gasteiger partial charge in [-0.3, -0.25) is 9.89 Å². The number of hydrogen-bond acceptors (Lipinski definition) is 4. The second-order valence-corrected chi connectivity index (χ2v) is 7.94. The predicted octanol–water partition coefficient (Wildman–Crippen LogP) is 4.27. The predicted molar refractivity (Wildman–Crippen MR) is 120 cm³/mol. The number of carbonyl (C=O) groups excluding carboxylic acids is 1. The first kappa shape index (κ1) is 20.2. The van der Waals surface area contributed by atoms with Gasteiger partial charge in [-0.15, -0.1) is 0 Å². The maximum atomic E-state index is 13.1. The van der Waals surface area contributed by atoms with Crippen LogP contribution in [0.4, 0.5) is 4.79 Å². The van der Waals surface area contributed by atoms with Crippen LogP contribution in [0.1, 0.15) is 17.7 Å². The van der Waals surface area contributed by atoms with Gasteiger partial charge in [-0.05, 0) is 37.1 Å². The summed E-state index contributed by atoms with van der Waals surface area (Å²) < 4.78 is 7.88. The van der Waals surface area contributed by atoms with Crippen LogP contribution in [0.2, 0.25) is 0 Å². The van der Waals surface area contributed by atoms with E-state index in [0.29, 0.717) is 30.6 Å². The van der Waals surface area contributed by atoms with Gasteiger partial charge in [-0.2, -0.15) is 5.10 Å². The van der Waals surface area contributed by atoms with E-state index in [2.05, 4.69) is 31.4 Å². The average Bonchev–Trinajstić information content (AvgIpc) is 3.14. The molecule has 4 aromatic rings. The molecule has 0 bridgehead atoms. The van der Waals surface area contributed by atoms with Gasteiger partial charge < -0.3 is 14.6 Å². The van der Waals surface area contributed by atoms with E-state index in [4.69, 9.17) is 4.74 Å². The molecule has 2 heterocycles. The molecule has 0 fully saturated rings. The van der Waals surface area contributed by atoms with Crippen molar-refractivity contribution in [1.29, 1.82) is 0 Å². The molecule has 154 valence electrons. The third-order valence-corrected chi connectivity index (χ3v) is 5.46. The van der Waals surface area contributed by atoms with Crippen molar-refractivity contribution in [2.45, 2.75) is 26.5 Å². The van der Waals surface area contributed by atoms with Crippen LogP contribution in [0.5, 0.6) is 0 Å². The molecule has 0 saturated carbocycles. The molecule has 0 aliphatic rings. The number of carbonyl (C=O) groups is 1. The lowest BCUT2D eigenvalue weighted by atomic mass is 10.1. The first-order valence-corrected chi connectivity index (χ1v) is 10.4. The third-order valence-electron chi connectivity index (χ3n) is 4.97. The highest BCUT2D eigenvalue weighted by Gasteiger charge is 2.15. The van der Waals surface area contributed by atoms with Crippen LogP contribution in [0.25, 0.3) is 21.8 Å². The second kappa shape index (κ2) is 8.71. The van der Waals surface area contributed by atoms with Gasteiger partial charge >= 0.3 is 6.09 Å². The lowest BCUT2D eigenvalue weighted by molar-refractivity contribution is 0.139. The highest BCUT2D eigenvalue weighted by Crippen LogP contribution is 2.26. The van der Waals surface area contributed by atoms with Crippen molar-refractivity contribution < 1.29 is 9.53 Å². The van der Waals surface area contributed by atoms with Crippen molar-refractivity contribution in [3.05, 3.63) is 74.6 Å². The average molecular weight is 469 g/mol. The van der Waals surface area contributed by atoms with E-state index in [1.807, 2.05) is 55.5 Å². The number of aromatic nitrogens is 3. The summed E-state index contributed by atoms with van der Waals surface area (Å²) >= 11 is 3.50. The summed E-state index contributed by atoms with van der Waals surface area (Å²) in [6.07, 6.45) is 0.120. The van der Waals surface area contributed by atoms with Gasteiger partial charge in [0.05, 0.1) is 22.1 Å². The summed E-state index contributed by atoms with van der Waals surface area (Å²) in [5.41, 5.74) is 3.09. The molecule has 0 aliphatic carbocycles. The molecular formula is C22H21BrN4O3. The number of alkyl carbamates (subject to hydrolysis) is 1. The van der Waals surface area contributed by atoms with Crippen LogP contribution < -0.4 is 10.9 Å². The summed E-state index contributed by atoms with van der Waals surface area (Å²) in [4.78, 5) is 25.0. The summed E-state index contributed by atoms with van der Waals surface area (Å²) in [7, 11) is 0. The van der Waals surface area contributed by atoms with E-state index in [-0.39, 0.29) is 12.2 Å². The highest BCUT2D eigenvalue weighted by molar-refractivity contribution is 9.10. The van der Waals surface area contributed by atoms with Gasteiger partial charge in [0.2, 0.25) is 0 Å². The number of ether oxygens (including phenoxy) is 1. The molecule has 0 radical (unpaired) electrons. The molecule has 0 atom stereocenters. The molecule has 2 aromatic carbocycles. The van der Waals surface area contributed by atoms with E-state index < -0.39 is 6.09 Å². The zero-order valence-corrected chi connectivity index (χ0v) is 18.0. The molecule has 8 heteroatoms. The zero-order valence-electron chi connectivity index (χ0n) is 16.4. The van der Waals surface area contributed by atoms with Gasteiger partial charge in [-0.25, -0.2) is 4.79 Å². The van der Waals surface area contributed by atoms with E-state index in [1.54, 1.807) is 4.57 Å². The van der Waals surface area contributed by atoms with Crippen LogP contribution in [0.15, 0.2) is 57.8 Å². The van der Waals surface area contributed by atoms with Crippen LogP contribution >= 0.6 is 15.9 Å². The smallest absolute Gasteiger partial charge is 0.407 e. The number of amides is 1. The van der Waals surface area contributed by atoms with Crippen LogP contribution in [0, 0.1) is 6.92 Å². The number of hydrogen-bond donors (Lipinski definition) is 2. The number of rotatable bonds is 6. The Morgan fingerprint density at radius 3 is 2.83 bits per heavy atom. The largest absolute Gasteiger partial charge is 0.445 e. The molecule has 0 unspecified atom stereocenters. The number of halogens is 1. The number of pyridine rings is 1. The Labute approximate surface area is 181 Å². The van der Waals surface area contributed by atoms with Crippen LogP contribution in [0.3, 0.4) is 0 Å². The number of aryl methyl sites for hydroxylation is 2. The van der Waals surface area contributed by atoms with Gasteiger partial charge in [-0.1, -0.05) is 46.3 Å². The van der Waals surface area contributed by atoms with Crippen LogP contribution in [-0.4, -0.2) is 27.4 Å². The SMILES string of the molecule is Cc1n[nH]c2c1c(=O)n(CCCNC(=O)OCc1ccccc1)c1ccc(Br)cc21. The number of fused-ring (bicyclic) bond motifs is 3. The van der Waals surface area contributed by atoms with Gasteiger partial charge in [0.25, 0.3) is 5.56 Å². The monoisotopic (exact) mass is 468 g/mol. The Kier molecular flexibility index (Phi) is 5.85. The summed E-state index contributed by atoms with van der Waals surface area (Å²) in [6, 6.07) is 15.3. The highest BCUT2D eigenvalue weighted by atomic mass is 79.9. The number of nitrogens with one attached hydrogen (secondary N) is 2. The van der Waals surface area contributed by atoms with E-state index >= 15 is 0 Å². The van der Waals surface area contributed by atoms with Crippen molar-refractivity contribution >= 4 is 43.8 Å². The van der Waals surface area contributed by atoms with Crippen molar-refractivity contribution in [2.75, 3.05) is 6.54 Å². The standard InChI is InChI=1S/C22H21BrN4O3/c1-14-19-20(26-25-14)17-12-16(23)8-9-18(17)27(21(19)28)11-5-10-24-22(29)30-13-15-6-3-2-4-7-15/h2-4,6-9,12H,5,10-11,13H2,1H3,(H,24,29)(H,25,26). The normalized spacial score (nSPS) is 11.1. The van der Waals surface area contributed by atoms with Crippen molar-refractivity contribution in [1.82, 2.24) is 20.1 Å². The minimum absolute atomic E-state index is 0.0854. The first-order chi connectivity index (χ1) is 14.5. The Hall–Kier alpha value is -3.13. The lowest BCUT2D eigenvalue weighted by Gasteiger charge is -2.12. The Balaban J connectivity index is 1.45. The summed E-state index contributed by atoms with van der Waals surface area (Å²) in [5, 5.41) is 11.5. The maximum absolute atomic E-state index is 13.1. The van der Waals surface area contributed by atoms with Crippen LogP contribution in [-0.2, 0) is 17.9 Å². The molecule has 0 aliphatic heterocycles. The van der Waals surface area contributed by atoms with Gasteiger partial charge in [0.1, 0.15) is 6.61 Å². The molecule has 0 saturated heterocycles. The maximum Gasteiger partial charge on any atom is 0.407 e. The first-order valence-electron chi connectivity index (χ1n) is 9.66. The summed E-state index contributed by atoms with van der Waals surface area (Å²) in [5.74, 6) is 0. The third kappa shape index (κ3) is 4.09. The van der Waals surface area contributed by atoms with Gasteiger partial charge in [0, 0.05) is 22.9 Å². The molecule has 0 spiro atoms. The fourth-order valence-corrected chi connectivity index (χ4v) is 3.86. The fourth-order valence-electron chi connectivity index (χ4n) is 3.50. The number of aromatic amines is 1. The van der Waals surface area contributed by atoms with Gasteiger partial charge in [0.15, 0.2) is 0 Å². The number of nitrogens with zero attached hydrogens (tertiary/aromatic N) is 2. The molecule has 2 N–H and O–H groups in total. The quantitative estimate of drug-likeness (QED) is 0.413. The Bertz CT molecular complexity index is 1260. The van der Waals surface area contributed by atoms with Crippen molar-refractivity contribution in [3.8, 4) is 0 Å². The number of H-pyrrole nitrogens is 1. The molecule has 30 heavy (non-hydrogen) atoms. The van der Waals surface area contributed by atoms with E-state index in [1.165, 1.54) is 0 Å². The fraction of sp³-hybridized carbons (Fsp3) is 0.227. The topological polar surface area (TPSA) is 89.0 Å². The summed E-state index contributed by atoms with van der Waals surface area (Å²) in [6.45, 7) is 2.91. The molecule has 4 rings (SSSR count). The van der Waals surface area contributed by atoms with Crippen molar-refractivity contribution in [2.24, 2.45) is 0 Å². The zero-order chi connectivity index (χ0) is 21.1. The van der Waals surface area contributed by atoms with E-state index in [0.717, 1.165) is 26.5 Å². The van der Waals surface area contributed by atoms with Crippen molar-refractivity contribution in [3.63, 3.8) is 0 Å². The molecule has 7 nitrogen and oxygen atoms in total. The Morgan fingerprint density at radius 2 is 2.03 bits per heavy atom. The minimum Gasteiger partial charge on any atom is -0.445 e. The molecular weight excluding hydrogens is 448 g/mol. The lowest BCUT2D eigenvalue weighted by Crippen LogP contribution is -2.28.